The third kappa shape index (κ3) is 1.40. The van der Waals surface area contributed by atoms with Gasteiger partial charge in [0.25, 0.3) is 0 Å². The van der Waals surface area contributed by atoms with Crippen molar-refractivity contribution in [2.75, 3.05) is 7.05 Å². The maximum atomic E-state index is 10.9. The van der Waals surface area contributed by atoms with Crippen LogP contribution in [0, 0.1) is 5.41 Å². The average molecular weight is 169 g/mol. The van der Waals surface area contributed by atoms with E-state index in [0.717, 1.165) is 12.8 Å². The first-order chi connectivity index (χ1) is 5.74. The minimum atomic E-state index is -0.280. The number of carbonyl (C=O) groups excluding carboxylic acids is 1. The van der Waals surface area contributed by atoms with E-state index in [0.29, 0.717) is 5.41 Å². The molecule has 1 unspecified atom stereocenters. The molecule has 3 nitrogen and oxygen atoms in total. The van der Waals surface area contributed by atoms with Crippen LogP contribution in [0.1, 0.15) is 32.1 Å². The Morgan fingerprint density at radius 3 is 2.75 bits per heavy atom. The van der Waals surface area contributed by atoms with Crippen LogP contribution in [0.4, 0.5) is 4.79 Å². The van der Waals surface area contributed by atoms with Gasteiger partial charge in [0.15, 0.2) is 0 Å². The van der Waals surface area contributed by atoms with E-state index in [-0.39, 0.29) is 12.2 Å². The predicted octanol–water partition coefficient (Wildman–Crippen LogP) is 1.68. The van der Waals surface area contributed by atoms with E-state index in [1.54, 1.807) is 7.05 Å². The smallest absolute Gasteiger partial charge is 0.407 e. The van der Waals surface area contributed by atoms with Gasteiger partial charge in [-0.2, -0.15) is 0 Å². The maximum Gasteiger partial charge on any atom is 0.407 e. The van der Waals surface area contributed by atoms with E-state index < -0.39 is 0 Å². The molecule has 1 amide bonds. The van der Waals surface area contributed by atoms with Gasteiger partial charge in [-0.25, -0.2) is 4.79 Å². The normalized spacial score (nSPS) is 30.2. The lowest BCUT2D eigenvalue weighted by Gasteiger charge is -2.10. The molecule has 0 aromatic rings. The third-order valence-electron chi connectivity index (χ3n) is 3.09. The summed E-state index contributed by atoms with van der Waals surface area (Å²) in [4.78, 5) is 10.9. The maximum absolute atomic E-state index is 10.9. The number of nitrogens with one attached hydrogen (secondary N) is 1. The molecule has 0 heterocycles. The van der Waals surface area contributed by atoms with E-state index in [9.17, 15) is 4.79 Å². The SMILES string of the molecule is CNC(=O)OC1CCC2(CC2)C1. The van der Waals surface area contributed by atoms with Crippen LogP contribution in [0.3, 0.4) is 0 Å². The van der Waals surface area contributed by atoms with Crippen molar-refractivity contribution in [1.29, 1.82) is 0 Å². The highest BCUT2D eigenvalue weighted by Gasteiger charge is 2.49. The molecule has 1 N–H and O–H groups in total. The summed E-state index contributed by atoms with van der Waals surface area (Å²) in [6, 6.07) is 0. The summed E-state index contributed by atoms with van der Waals surface area (Å²) in [5, 5.41) is 2.48. The Morgan fingerprint density at radius 1 is 1.50 bits per heavy atom. The van der Waals surface area contributed by atoms with Gasteiger partial charge in [0.05, 0.1) is 0 Å². The zero-order valence-electron chi connectivity index (χ0n) is 7.43. The quantitative estimate of drug-likeness (QED) is 0.648. The molecule has 0 radical (unpaired) electrons. The average Bonchev–Trinajstić information content (AvgIpc) is 2.68. The summed E-state index contributed by atoms with van der Waals surface area (Å²) in [6.45, 7) is 0. The first-order valence-electron chi connectivity index (χ1n) is 4.62. The van der Waals surface area contributed by atoms with E-state index >= 15 is 0 Å². The van der Waals surface area contributed by atoms with Crippen molar-refractivity contribution in [3.63, 3.8) is 0 Å². The summed E-state index contributed by atoms with van der Waals surface area (Å²) in [5.74, 6) is 0. The van der Waals surface area contributed by atoms with Gasteiger partial charge < -0.3 is 10.1 Å². The summed E-state index contributed by atoms with van der Waals surface area (Å²) >= 11 is 0. The molecule has 1 atom stereocenters. The molecule has 1 spiro atoms. The summed E-state index contributed by atoms with van der Waals surface area (Å²) in [5.41, 5.74) is 0.596. The van der Waals surface area contributed by atoms with Crippen LogP contribution < -0.4 is 5.32 Å². The minimum absolute atomic E-state index is 0.187. The van der Waals surface area contributed by atoms with E-state index in [1.807, 2.05) is 0 Å². The van der Waals surface area contributed by atoms with Crippen LogP contribution in [0.5, 0.6) is 0 Å². The molecular formula is C9H15NO2. The van der Waals surface area contributed by atoms with Crippen LogP contribution in [0.15, 0.2) is 0 Å². The Kier molecular flexibility index (Phi) is 1.74. The molecule has 0 aromatic heterocycles. The fourth-order valence-electron chi connectivity index (χ4n) is 2.10. The molecule has 2 aliphatic rings. The van der Waals surface area contributed by atoms with Crippen molar-refractivity contribution >= 4 is 6.09 Å². The number of alkyl carbamates (subject to hydrolysis) is 1. The van der Waals surface area contributed by atoms with Crippen molar-refractivity contribution in [3.8, 4) is 0 Å². The summed E-state index contributed by atoms with van der Waals surface area (Å²) in [6.07, 6.45) is 6.02. The molecule has 2 aliphatic carbocycles. The van der Waals surface area contributed by atoms with Gasteiger partial charge in [-0.15, -0.1) is 0 Å². The molecule has 0 aliphatic heterocycles. The van der Waals surface area contributed by atoms with Gasteiger partial charge in [0.1, 0.15) is 6.10 Å². The number of ether oxygens (including phenoxy) is 1. The molecular weight excluding hydrogens is 154 g/mol. The summed E-state index contributed by atoms with van der Waals surface area (Å²) in [7, 11) is 1.60. The molecule has 2 rings (SSSR count). The molecule has 0 aromatic carbocycles. The lowest BCUT2D eigenvalue weighted by molar-refractivity contribution is 0.0998. The van der Waals surface area contributed by atoms with Crippen LogP contribution in [0.2, 0.25) is 0 Å². The zero-order chi connectivity index (χ0) is 8.60. The predicted molar refractivity (Wildman–Crippen MR) is 44.8 cm³/mol. The van der Waals surface area contributed by atoms with Crippen LogP contribution in [-0.4, -0.2) is 19.2 Å². The monoisotopic (exact) mass is 169 g/mol. The second-order valence-corrected chi connectivity index (χ2v) is 4.02. The van der Waals surface area contributed by atoms with Gasteiger partial charge in [0, 0.05) is 7.05 Å². The number of hydrogen-bond donors (Lipinski definition) is 1. The van der Waals surface area contributed by atoms with E-state index in [4.69, 9.17) is 4.74 Å². The lowest BCUT2D eigenvalue weighted by atomic mass is 10.1. The highest BCUT2D eigenvalue weighted by atomic mass is 16.6. The van der Waals surface area contributed by atoms with Gasteiger partial charge in [-0.05, 0) is 37.5 Å². The Balaban J connectivity index is 1.80. The van der Waals surface area contributed by atoms with Crippen molar-refractivity contribution in [2.24, 2.45) is 5.41 Å². The molecule has 0 bridgehead atoms. The van der Waals surface area contributed by atoms with Crippen LogP contribution >= 0.6 is 0 Å². The first-order valence-corrected chi connectivity index (χ1v) is 4.62. The Morgan fingerprint density at radius 2 is 2.25 bits per heavy atom. The third-order valence-corrected chi connectivity index (χ3v) is 3.09. The second kappa shape index (κ2) is 2.64. The van der Waals surface area contributed by atoms with Crippen molar-refractivity contribution < 1.29 is 9.53 Å². The Labute approximate surface area is 72.5 Å². The van der Waals surface area contributed by atoms with E-state index in [2.05, 4.69) is 5.32 Å². The van der Waals surface area contributed by atoms with Gasteiger partial charge >= 0.3 is 6.09 Å². The fraction of sp³-hybridized carbons (Fsp3) is 0.889. The highest BCUT2D eigenvalue weighted by molar-refractivity contribution is 5.66. The second-order valence-electron chi connectivity index (χ2n) is 4.02. The Bertz CT molecular complexity index is 199. The number of hydrogen-bond acceptors (Lipinski definition) is 2. The molecule has 2 fully saturated rings. The van der Waals surface area contributed by atoms with Crippen LogP contribution in [0.25, 0.3) is 0 Å². The lowest BCUT2D eigenvalue weighted by Crippen LogP contribution is -2.24. The van der Waals surface area contributed by atoms with E-state index in [1.165, 1.54) is 19.3 Å². The van der Waals surface area contributed by atoms with Crippen molar-refractivity contribution in [3.05, 3.63) is 0 Å². The van der Waals surface area contributed by atoms with Gasteiger partial charge in [-0.1, -0.05) is 0 Å². The van der Waals surface area contributed by atoms with Gasteiger partial charge in [0.2, 0.25) is 0 Å². The minimum Gasteiger partial charge on any atom is -0.446 e. The van der Waals surface area contributed by atoms with Crippen LogP contribution in [-0.2, 0) is 4.74 Å². The largest absolute Gasteiger partial charge is 0.446 e. The number of carbonyl (C=O) groups is 1. The fourth-order valence-corrected chi connectivity index (χ4v) is 2.10. The molecule has 12 heavy (non-hydrogen) atoms. The molecule has 2 saturated carbocycles. The van der Waals surface area contributed by atoms with Crippen molar-refractivity contribution in [1.82, 2.24) is 5.32 Å². The van der Waals surface area contributed by atoms with Gasteiger partial charge in [-0.3, -0.25) is 0 Å². The Hall–Kier alpha value is -0.730. The molecule has 3 heteroatoms. The van der Waals surface area contributed by atoms with Crippen molar-refractivity contribution in [2.45, 2.75) is 38.2 Å². The topological polar surface area (TPSA) is 38.3 Å². The zero-order valence-corrected chi connectivity index (χ0v) is 7.43. The molecule has 0 saturated heterocycles. The number of amides is 1. The highest BCUT2D eigenvalue weighted by Crippen LogP contribution is 2.58. The molecule has 68 valence electrons. The summed E-state index contributed by atoms with van der Waals surface area (Å²) < 4.78 is 5.19. The number of rotatable bonds is 1. The standard InChI is InChI=1S/C9H15NO2/c1-10-8(11)12-7-2-3-9(6-7)4-5-9/h7H,2-6H2,1H3,(H,10,11). The first kappa shape index (κ1) is 7.90.